The summed E-state index contributed by atoms with van der Waals surface area (Å²) in [7, 11) is -3.75. The topological polar surface area (TPSA) is 86.8 Å². The lowest BCUT2D eigenvalue weighted by Gasteiger charge is -2.29. The number of unbranched alkanes of at least 4 members (excludes halogenated alkanes) is 2. The molecule has 1 aliphatic heterocycles. The Kier molecular flexibility index (Phi) is 8.64. The quantitative estimate of drug-likeness (QED) is 0.586. The average Bonchev–Trinajstić information content (AvgIpc) is 2.71. The number of carbonyl (C=O) groups is 2. The molecule has 1 fully saturated rings. The number of benzene rings is 1. The first-order valence-electron chi connectivity index (χ1n) is 10.5. The molecule has 1 aromatic carbocycles. The van der Waals surface area contributed by atoms with Gasteiger partial charge in [0.05, 0.1) is 11.4 Å². The molecule has 0 saturated carbocycles. The Morgan fingerprint density at radius 1 is 1.17 bits per heavy atom. The lowest BCUT2D eigenvalue weighted by atomic mass is 10.1. The minimum Gasteiger partial charge on any atom is -0.354 e. The molecule has 29 heavy (non-hydrogen) atoms. The Morgan fingerprint density at radius 3 is 2.45 bits per heavy atom. The van der Waals surface area contributed by atoms with Gasteiger partial charge >= 0.3 is 0 Å². The van der Waals surface area contributed by atoms with E-state index < -0.39 is 10.0 Å². The molecule has 0 aliphatic carbocycles. The number of carbonyl (C=O) groups excluding carboxylic acids is 2. The van der Waals surface area contributed by atoms with Gasteiger partial charge in [-0.25, -0.2) is 8.42 Å². The van der Waals surface area contributed by atoms with E-state index in [4.69, 9.17) is 0 Å². The van der Waals surface area contributed by atoms with Gasteiger partial charge in [-0.15, -0.1) is 0 Å². The van der Waals surface area contributed by atoms with Gasteiger partial charge in [0.25, 0.3) is 5.91 Å². The number of rotatable bonds is 10. The van der Waals surface area contributed by atoms with Crippen molar-refractivity contribution in [2.75, 3.05) is 26.2 Å². The van der Waals surface area contributed by atoms with E-state index in [1.165, 1.54) is 16.4 Å². The molecule has 1 atom stereocenters. The standard InChI is InChI=1S/C21H33N3O4S/c1-4-6-7-14-24(17(3)8-5-2)21(26)18-9-11-19(12-10-18)29(27,28)23-15-13-22-20(25)16-23/h9-12,17H,4-8,13-16H2,1-3H3,(H,22,25)/t17-/m1/s1. The van der Waals surface area contributed by atoms with E-state index >= 15 is 0 Å². The van der Waals surface area contributed by atoms with Crippen LogP contribution in [0.2, 0.25) is 0 Å². The van der Waals surface area contributed by atoms with Gasteiger partial charge in [0.15, 0.2) is 0 Å². The van der Waals surface area contributed by atoms with Gasteiger partial charge < -0.3 is 10.2 Å². The Hall–Kier alpha value is -1.93. The molecular formula is C21H33N3O4S. The van der Waals surface area contributed by atoms with E-state index in [9.17, 15) is 18.0 Å². The minimum atomic E-state index is -3.75. The van der Waals surface area contributed by atoms with E-state index in [0.29, 0.717) is 18.7 Å². The van der Waals surface area contributed by atoms with Crippen LogP contribution in [0.5, 0.6) is 0 Å². The minimum absolute atomic E-state index is 0.0663. The number of nitrogens with zero attached hydrogens (tertiary/aromatic N) is 2. The third-order valence-electron chi connectivity index (χ3n) is 5.24. The Morgan fingerprint density at radius 2 is 1.86 bits per heavy atom. The second-order valence-corrected chi connectivity index (χ2v) is 9.49. The molecule has 2 amide bonds. The van der Waals surface area contributed by atoms with Gasteiger partial charge in [-0.05, 0) is 44.0 Å². The highest BCUT2D eigenvalue weighted by atomic mass is 32.2. The normalized spacial score (nSPS) is 16.3. The van der Waals surface area contributed by atoms with Gasteiger partial charge in [-0.1, -0.05) is 33.1 Å². The van der Waals surface area contributed by atoms with E-state index in [0.717, 1.165) is 32.1 Å². The van der Waals surface area contributed by atoms with E-state index in [1.807, 2.05) is 4.90 Å². The average molecular weight is 424 g/mol. The summed E-state index contributed by atoms with van der Waals surface area (Å²) in [6.45, 7) is 7.37. The molecular weight excluding hydrogens is 390 g/mol. The Bertz CT molecular complexity index is 793. The molecule has 7 nitrogen and oxygen atoms in total. The molecule has 0 radical (unpaired) electrons. The van der Waals surface area contributed by atoms with Crippen LogP contribution in [0.25, 0.3) is 0 Å². The second kappa shape index (κ2) is 10.7. The number of nitrogens with one attached hydrogen (secondary N) is 1. The van der Waals surface area contributed by atoms with Crippen LogP contribution in [-0.2, 0) is 14.8 Å². The van der Waals surface area contributed by atoms with E-state index in [2.05, 4.69) is 26.1 Å². The third-order valence-corrected chi connectivity index (χ3v) is 7.10. The molecule has 8 heteroatoms. The third kappa shape index (κ3) is 6.02. The molecule has 0 unspecified atom stereocenters. The number of hydrogen-bond donors (Lipinski definition) is 1. The molecule has 1 saturated heterocycles. The predicted molar refractivity (Wildman–Crippen MR) is 113 cm³/mol. The van der Waals surface area contributed by atoms with Crippen LogP contribution in [-0.4, -0.2) is 61.7 Å². The predicted octanol–water partition coefficient (Wildman–Crippen LogP) is 2.63. The number of amides is 2. The van der Waals surface area contributed by atoms with Crippen molar-refractivity contribution in [3.63, 3.8) is 0 Å². The Labute approximate surface area is 174 Å². The van der Waals surface area contributed by atoms with Crippen molar-refractivity contribution in [2.24, 2.45) is 0 Å². The van der Waals surface area contributed by atoms with Crippen molar-refractivity contribution < 1.29 is 18.0 Å². The van der Waals surface area contributed by atoms with Gasteiger partial charge in [0, 0.05) is 31.2 Å². The largest absolute Gasteiger partial charge is 0.354 e. The van der Waals surface area contributed by atoms with Crippen molar-refractivity contribution in [2.45, 2.75) is 63.8 Å². The maximum absolute atomic E-state index is 13.1. The zero-order valence-electron chi connectivity index (χ0n) is 17.7. The molecule has 1 heterocycles. The molecule has 1 aromatic rings. The van der Waals surface area contributed by atoms with Crippen LogP contribution in [0, 0.1) is 0 Å². The fraction of sp³-hybridized carbons (Fsp3) is 0.619. The summed E-state index contributed by atoms with van der Waals surface area (Å²) < 4.78 is 26.7. The highest BCUT2D eigenvalue weighted by Gasteiger charge is 2.29. The van der Waals surface area contributed by atoms with E-state index in [-0.39, 0.29) is 35.8 Å². The van der Waals surface area contributed by atoms with Crippen molar-refractivity contribution in [1.29, 1.82) is 0 Å². The lowest BCUT2D eigenvalue weighted by molar-refractivity contribution is -0.122. The molecule has 1 aliphatic rings. The van der Waals surface area contributed by atoms with Crippen LogP contribution in [0.4, 0.5) is 0 Å². The van der Waals surface area contributed by atoms with Crippen LogP contribution < -0.4 is 5.32 Å². The first-order chi connectivity index (χ1) is 13.8. The molecule has 1 N–H and O–H groups in total. The van der Waals surface area contributed by atoms with Crippen LogP contribution >= 0.6 is 0 Å². The Balaban J connectivity index is 2.17. The summed E-state index contributed by atoms with van der Waals surface area (Å²) >= 11 is 0. The van der Waals surface area contributed by atoms with E-state index in [1.54, 1.807) is 12.1 Å². The molecule has 2 rings (SSSR count). The summed E-state index contributed by atoms with van der Waals surface area (Å²) in [6, 6.07) is 6.21. The first kappa shape index (κ1) is 23.3. The highest BCUT2D eigenvalue weighted by molar-refractivity contribution is 7.89. The van der Waals surface area contributed by atoms with Crippen LogP contribution in [0.3, 0.4) is 0 Å². The van der Waals surface area contributed by atoms with Crippen molar-refractivity contribution in [1.82, 2.24) is 14.5 Å². The van der Waals surface area contributed by atoms with Crippen LogP contribution in [0.1, 0.15) is 63.2 Å². The summed E-state index contributed by atoms with van der Waals surface area (Å²) in [4.78, 5) is 26.6. The van der Waals surface area contributed by atoms with Crippen LogP contribution in [0.15, 0.2) is 29.2 Å². The van der Waals surface area contributed by atoms with Crippen molar-refractivity contribution >= 4 is 21.8 Å². The zero-order chi connectivity index (χ0) is 21.4. The van der Waals surface area contributed by atoms with Gasteiger partial charge in [0.1, 0.15) is 0 Å². The van der Waals surface area contributed by atoms with Gasteiger partial charge in [-0.2, -0.15) is 4.31 Å². The molecule has 0 spiro atoms. The molecule has 0 bridgehead atoms. The van der Waals surface area contributed by atoms with Crippen molar-refractivity contribution in [3.8, 4) is 0 Å². The highest BCUT2D eigenvalue weighted by Crippen LogP contribution is 2.19. The maximum Gasteiger partial charge on any atom is 0.254 e. The SMILES string of the molecule is CCCCCN(C(=O)c1ccc(S(=O)(=O)N2CCNC(=O)C2)cc1)[C@H](C)CCC. The first-order valence-corrected chi connectivity index (χ1v) is 11.9. The smallest absolute Gasteiger partial charge is 0.254 e. The summed E-state index contributed by atoms with van der Waals surface area (Å²) in [5.74, 6) is -0.373. The molecule has 0 aromatic heterocycles. The fourth-order valence-corrected chi connectivity index (χ4v) is 4.93. The monoisotopic (exact) mass is 423 g/mol. The van der Waals surface area contributed by atoms with Gasteiger partial charge in [-0.3, -0.25) is 9.59 Å². The zero-order valence-corrected chi connectivity index (χ0v) is 18.5. The fourth-order valence-electron chi connectivity index (χ4n) is 3.53. The number of hydrogen-bond acceptors (Lipinski definition) is 4. The maximum atomic E-state index is 13.1. The summed E-state index contributed by atoms with van der Waals surface area (Å²) in [5.41, 5.74) is 0.486. The second-order valence-electron chi connectivity index (χ2n) is 7.56. The summed E-state index contributed by atoms with van der Waals surface area (Å²) in [6.07, 6.45) is 5.05. The number of piperazine rings is 1. The van der Waals surface area contributed by atoms with Gasteiger partial charge in [0.2, 0.25) is 15.9 Å². The van der Waals surface area contributed by atoms with Crippen molar-refractivity contribution in [3.05, 3.63) is 29.8 Å². The number of sulfonamides is 1. The summed E-state index contributed by atoms with van der Waals surface area (Å²) in [5, 5.41) is 2.62. The lowest BCUT2D eigenvalue weighted by Crippen LogP contribution is -2.49. The molecule has 162 valence electrons.